The highest BCUT2D eigenvalue weighted by Gasteiger charge is 2.09. The van der Waals surface area contributed by atoms with Gasteiger partial charge in [-0.25, -0.2) is 0 Å². The molecule has 8 heteroatoms. The predicted molar refractivity (Wildman–Crippen MR) is 105 cm³/mol. The molecule has 1 aromatic heterocycles. The van der Waals surface area contributed by atoms with Crippen molar-refractivity contribution in [2.45, 2.75) is 13.1 Å². The van der Waals surface area contributed by atoms with Gasteiger partial charge >= 0.3 is 0 Å². The van der Waals surface area contributed by atoms with Gasteiger partial charge in [-0.05, 0) is 36.7 Å². The Morgan fingerprint density at radius 2 is 1.52 bits per heavy atom. The smallest absolute Gasteiger partial charge is 0.261 e. The predicted octanol–water partition coefficient (Wildman–Crippen LogP) is 0.972. The molecule has 0 bridgehead atoms. The first-order chi connectivity index (χ1) is 12.9. The summed E-state index contributed by atoms with van der Waals surface area (Å²) in [5, 5.41) is 9.53. The summed E-state index contributed by atoms with van der Waals surface area (Å²) in [7, 11) is 4.02. The highest BCUT2D eigenvalue weighted by molar-refractivity contribution is 7.12. The highest BCUT2D eigenvalue weighted by Crippen LogP contribution is 2.07. The van der Waals surface area contributed by atoms with Crippen LogP contribution in [0.15, 0.2) is 41.8 Å². The Bertz CT molecular complexity index is 758. The Kier molecular flexibility index (Phi) is 7.97. The zero-order valence-corrected chi connectivity index (χ0v) is 16.3. The van der Waals surface area contributed by atoms with E-state index in [1.807, 2.05) is 38.4 Å². The maximum Gasteiger partial charge on any atom is 0.261 e. The summed E-state index contributed by atoms with van der Waals surface area (Å²) in [5.41, 5.74) is 2.19. The number of hydrogen-bond acceptors (Lipinski definition) is 5. The van der Waals surface area contributed by atoms with Gasteiger partial charge < -0.3 is 20.9 Å². The van der Waals surface area contributed by atoms with Crippen LogP contribution in [0.4, 0.5) is 0 Å². The van der Waals surface area contributed by atoms with Crippen molar-refractivity contribution in [2.24, 2.45) is 0 Å². The quantitative estimate of drug-likeness (QED) is 0.597. The molecule has 0 fully saturated rings. The minimum Gasteiger partial charge on any atom is -0.350 e. The van der Waals surface area contributed by atoms with Crippen LogP contribution in [0.1, 0.15) is 20.8 Å². The molecule has 144 valence electrons. The molecule has 7 nitrogen and oxygen atoms in total. The Hall–Kier alpha value is -2.71. The van der Waals surface area contributed by atoms with E-state index in [-0.39, 0.29) is 24.9 Å². The minimum atomic E-state index is -0.414. The van der Waals surface area contributed by atoms with E-state index in [9.17, 15) is 14.4 Å². The van der Waals surface area contributed by atoms with Crippen molar-refractivity contribution >= 4 is 29.1 Å². The molecule has 0 saturated carbocycles. The van der Waals surface area contributed by atoms with Crippen molar-refractivity contribution < 1.29 is 14.4 Å². The molecule has 0 atom stereocenters. The number of hydrogen-bond donors (Lipinski definition) is 3. The first-order valence-corrected chi connectivity index (χ1v) is 9.39. The molecule has 1 heterocycles. The molecule has 2 aromatic rings. The molecule has 0 radical (unpaired) electrons. The van der Waals surface area contributed by atoms with Crippen LogP contribution in [0.3, 0.4) is 0 Å². The van der Waals surface area contributed by atoms with Crippen molar-refractivity contribution in [1.82, 2.24) is 20.9 Å². The molecule has 0 unspecified atom stereocenters. The third-order valence-electron chi connectivity index (χ3n) is 3.61. The van der Waals surface area contributed by atoms with E-state index >= 15 is 0 Å². The highest BCUT2D eigenvalue weighted by atomic mass is 32.1. The normalized spacial score (nSPS) is 10.5. The lowest BCUT2D eigenvalue weighted by molar-refractivity contribution is -0.125. The number of carbonyl (C=O) groups is 3. The summed E-state index contributed by atoms with van der Waals surface area (Å²) in [6.07, 6.45) is 0. The molecule has 2 rings (SSSR count). The van der Waals surface area contributed by atoms with Crippen LogP contribution in [-0.4, -0.2) is 49.8 Å². The lowest BCUT2D eigenvalue weighted by atomic mass is 10.1. The third-order valence-corrected chi connectivity index (χ3v) is 4.48. The maximum atomic E-state index is 11.8. The van der Waals surface area contributed by atoms with Crippen LogP contribution < -0.4 is 16.0 Å². The van der Waals surface area contributed by atoms with E-state index in [4.69, 9.17) is 0 Å². The Labute approximate surface area is 162 Å². The molecule has 0 aliphatic rings. The minimum absolute atomic E-state index is 0.133. The number of rotatable bonds is 9. The average molecular weight is 388 g/mol. The molecular weight excluding hydrogens is 364 g/mol. The molecule has 27 heavy (non-hydrogen) atoms. The topological polar surface area (TPSA) is 90.5 Å². The number of nitrogens with zero attached hydrogens (tertiary/aromatic N) is 1. The lowest BCUT2D eigenvalue weighted by Gasteiger charge is -2.11. The average Bonchev–Trinajstić information content (AvgIpc) is 3.18. The fraction of sp³-hybridized carbons (Fsp3) is 0.316. The van der Waals surface area contributed by atoms with Gasteiger partial charge in [0.2, 0.25) is 11.8 Å². The van der Waals surface area contributed by atoms with Crippen LogP contribution >= 0.6 is 11.3 Å². The van der Waals surface area contributed by atoms with E-state index in [1.165, 1.54) is 16.9 Å². The summed E-state index contributed by atoms with van der Waals surface area (Å²) >= 11 is 1.30. The molecule has 0 spiro atoms. The number of carbonyl (C=O) groups excluding carboxylic acids is 3. The summed E-state index contributed by atoms with van der Waals surface area (Å²) in [4.78, 5) is 37.9. The zero-order chi connectivity index (χ0) is 19.6. The van der Waals surface area contributed by atoms with E-state index in [1.54, 1.807) is 17.5 Å². The van der Waals surface area contributed by atoms with Gasteiger partial charge in [0.15, 0.2) is 0 Å². The van der Waals surface area contributed by atoms with Crippen LogP contribution in [0, 0.1) is 0 Å². The first kappa shape index (κ1) is 20.6. The van der Waals surface area contributed by atoms with Gasteiger partial charge in [0.25, 0.3) is 5.91 Å². The summed E-state index contributed by atoms with van der Waals surface area (Å²) in [6, 6.07) is 11.4. The Morgan fingerprint density at radius 1 is 0.889 bits per heavy atom. The molecule has 0 saturated heterocycles. The molecule has 1 aromatic carbocycles. The van der Waals surface area contributed by atoms with Gasteiger partial charge in [-0.3, -0.25) is 14.4 Å². The largest absolute Gasteiger partial charge is 0.350 e. The Morgan fingerprint density at radius 3 is 2.15 bits per heavy atom. The first-order valence-electron chi connectivity index (χ1n) is 8.51. The van der Waals surface area contributed by atoms with Crippen LogP contribution in [0.2, 0.25) is 0 Å². The third kappa shape index (κ3) is 7.59. The Balaban J connectivity index is 1.64. The van der Waals surface area contributed by atoms with Crippen LogP contribution in [-0.2, 0) is 22.7 Å². The van der Waals surface area contributed by atoms with Gasteiger partial charge in [0.05, 0.1) is 18.0 Å². The maximum absolute atomic E-state index is 11.8. The second kappa shape index (κ2) is 10.4. The summed E-state index contributed by atoms with van der Waals surface area (Å²) in [5.74, 6) is -1.00. The van der Waals surface area contributed by atoms with Crippen molar-refractivity contribution in [3.05, 3.63) is 57.8 Å². The molecule has 0 aliphatic carbocycles. The van der Waals surface area contributed by atoms with E-state index in [0.717, 1.165) is 12.1 Å². The number of thiophene rings is 1. The standard InChI is InChI=1S/C19H24N4O3S/c1-23(2)13-15-7-5-14(6-8-15)10-20-17(24)11-21-18(25)12-22-19(26)16-4-3-9-27-16/h3-9H,10-13H2,1-2H3,(H,20,24)(H,21,25)(H,22,26). The summed E-state index contributed by atoms with van der Waals surface area (Å²) in [6.45, 7) is 0.956. The molecule has 0 aliphatic heterocycles. The monoisotopic (exact) mass is 388 g/mol. The van der Waals surface area contributed by atoms with Gasteiger partial charge in [0, 0.05) is 13.1 Å². The fourth-order valence-electron chi connectivity index (χ4n) is 2.29. The van der Waals surface area contributed by atoms with Crippen molar-refractivity contribution in [3.63, 3.8) is 0 Å². The van der Waals surface area contributed by atoms with E-state index in [2.05, 4.69) is 20.9 Å². The molecular formula is C19H24N4O3S. The molecule has 3 amide bonds. The van der Waals surface area contributed by atoms with Gasteiger partial charge in [-0.15, -0.1) is 11.3 Å². The van der Waals surface area contributed by atoms with Crippen LogP contribution in [0.25, 0.3) is 0 Å². The van der Waals surface area contributed by atoms with Gasteiger partial charge in [0.1, 0.15) is 0 Å². The number of nitrogens with one attached hydrogen (secondary N) is 3. The SMILES string of the molecule is CN(C)Cc1ccc(CNC(=O)CNC(=O)CNC(=O)c2cccs2)cc1. The second-order valence-corrected chi connectivity index (χ2v) is 7.22. The van der Waals surface area contributed by atoms with E-state index in [0.29, 0.717) is 11.4 Å². The van der Waals surface area contributed by atoms with Crippen LogP contribution in [0.5, 0.6) is 0 Å². The van der Waals surface area contributed by atoms with Gasteiger partial charge in [-0.2, -0.15) is 0 Å². The molecule has 3 N–H and O–H groups in total. The zero-order valence-electron chi connectivity index (χ0n) is 15.5. The van der Waals surface area contributed by atoms with Crippen molar-refractivity contribution in [1.29, 1.82) is 0 Å². The van der Waals surface area contributed by atoms with Gasteiger partial charge in [-0.1, -0.05) is 30.3 Å². The van der Waals surface area contributed by atoms with E-state index < -0.39 is 5.91 Å². The number of benzene rings is 1. The fourth-order valence-corrected chi connectivity index (χ4v) is 2.93. The summed E-state index contributed by atoms with van der Waals surface area (Å²) < 4.78 is 0. The van der Waals surface area contributed by atoms with Crippen molar-refractivity contribution in [2.75, 3.05) is 27.2 Å². The number of amides is 3. The lowest BCUT2D eigenvalue weighted by Crippen LogP contribution is -2.41. The van der Waals surface area contributed by atoms with Crippen molar-refractivity contribution in [3.8, 4) is 0 Å². The second-order valence-electron chi connectivity index (χ2n) is 6.27.